The quantitative estimate of drug-likeness (QED) is 0.357. The number of thioether (sulfide) groups is 2. The van der Waals surface area contributed by atoms with Crippen LogP contribution in [0.4, 0.5) is 5.69 Å². The van der Waals surface area contributed by atoms with Crippen LogP contribution in [0, 0.1) is 10.1 Å². The Morgan fingerprint density at radius 3 is 2.67 bits per heavy atom. The minimum absolute atomic E-state index is 0.0711. The number of amides is 1. The van der Waals surface area contributed by atoms with Crippen molar-refractivity contribution in [3.63, 3.8) is 0 Å². The first-order valence-electron chi connectivity index (χ1n) is 8.81. The highest BCUT2D eigenvalue weighted by atomic mass is 32.2. The lowest BCUT2D eigenvalue weighted by Gasteiger charge is -2.10. The van der Waals surface area contributed by atoms with Crippen molar-refractivity contribution in [2.75, 3.05) is 25.2 Å². The summed E-state index contributed by atoms with van der Waals surface area (Å²) < 4.78 is 10.8. The largest absolute Gasteiger partial charge is 0.500 e. The van der Waals surface area contributed by atoms with Crippen molar-refractivity contribution in [3.8, 4) is 17.2 Å². The summed E-state index contributed by atoms with van der Waals surface area (Å²) in [5.41, 5.74) is 3.26. The summed E-state index contributed by atoms with van der Waals surface area (Å²) in [6.45, 7) is -0.233. The van der Waals surface area contributed by atoms with Gasteiger partial charge in [-0.2, -0.15) is 5.10 Å². The highest BCUT2D eigenvalue weighted by Crippen LogP contribution is 2.45. The number of carbonyl (C=O) groups excluding carboxylic acids is 1. The standard InChI is InChI=1S/C19H19N3O6S2/c1-27-16-9-12(8-15(18(16)24)22(25)26)10-20-21-17(23)11-28-14-4-2-13(3-5-14)19-29-6-7-30-19/h2-5,8-10,19,24H,6-7,11H2,1H3,(H,21,23)/b20-10-. The monoisotopic (exact) mass is 449 g/mol. The first kappa shape index (κ1) is 21.8. The number of nitrogens with zero attached hydrogens (tertiary/aromatic N) is 2. The third-order valence-corrected chi connectivity index (χ3v) is 7.15. The molecule has 2 aromatic carbocycles. The van der Waals surface area contributed by atoms with E-state index < -0.39 is 22.3 Å². The minimum Gasteiger partial charge on any atom is -0.500 e. The summed E-state index contributed by atoms with van der Waals surface area (Å²) in [7, 11) is 1.27. The summed E-state index contributed by atoms with van der Waals surface area (Å²) in [6, 6.07) is 10.1. The number of carbonyl (C=O) groups is 1. The molecule has 2 aromatic rings. The van der Waals surface area contributed by atoms with E-state index in [0.29, 0.717) is 10.3 Å². The average Bonchev–Trinajstić information content (AvgIpc) is 3.28. The molecule has 0 bridgehead atoms. The van der Waals surface area contributed by atoms with Gasteiger partial charge < -0.3 is 14.6 Å². The molecule has 0 aliphatic carbocycles. The van der Waals surface area contributed by atoms with Crippen molar-refractivity contribution in [3.05, 3.63) is 57.6 Å². The number of methoxy groups -OCH3 is 1. The molecule has 1 aliphatic heterocycles. The third kappa shape index (κ3) is 5.57. The van der Waals surface area contributed by atoms with Crippen LogP contribution in [0.15, 0.2) is 41.5 Å². The smallest absolute Gasteiger partial charge is 0.315 e. The van der Waals surface area contributed by atoms with Crippen molar-refractivity contribution in [1.29, 1.82) is 0 Å². The number of nitro benzene ring substituents is 1. The molecular weight excluding hydrogens is 430 g/mol. The molecule has 158 valence electrons. The second kappa shape index (κ2) is 10.2. The lowest BCUT2D eigenvalue weighted by molar-refractivity contribution is -0.386. The van der Waals surface area contributed by atoms with E-state index in [4.69, 9.17) is 9.47 Å². The molecule has 0 unspecified atom stereocenters. The molecule has 1 amide bonds. The Bertz CT molecular complexity index is 946. The van der Waals surface area contributed by atoms with Crippen molar-refractivity contribution >= 4 is 41.3 Å². The normalized spacial score (nSPS) is 14.0. The second-order valence-corrected chi connectivity index (χ2v) is 8.80. The fourth-order valence-corrected chi connectivity index (χ4v) is 5.47. The Morgan fingerprint density at radius 1 is 1.33 bits per heavy atom. The van der Waals surface area contributed by atoms with Crippen LogP contribution < -0.4 is 14.9 Å². The van der Waals surface area contributed by atoms with E-state index in [1.807, 2.05) is 47.8 Å². The number of hydrazone groups is 1. The van der Waals surface area contributed by atoms with Crippen LogP contribution in [0.3, 0.4) is 0 Å². The zero-order valence-corrected chi connectivity index (χ0v) is 17.6. The Labute approximate surface area is 181 Å². The molecular formula is C19H19N3O6S2. The van der Waals surface area contributed by atoms with Crippen LogP contribution in [-0.2, 0) is 4.79 Å². The van der Waals surface area contributed by atoms with Gasteiger partial charge >= 0.3 is 5.69 Å². The molecule has 0 spiro atoms. The highest BCUT2D eigenvalue weighted by molar-refractivity contribution is 8.19. The number of benzene rings is 2. The number of nitrogens with one attached hydrogen (secondary N) is 1. The topological polar surface area (TPSA) is 123 Å². The maximum Gasteiger partial charge on any atom is 0.315 e. The number of hydrogen-bond acceptors (Lipinski definition) is 9. The SMILES string of the molecule is COc1cc(/C=N\NC(=O)COc2ccc(C3SCCS3)cc2)cc([N+](=O)[O-])c1O. The molecule has 0 saturated carbocycles. The number of rotatable bonds is 8. The number of nitro groups is 1. The van der Waals surface area contributed by atoms with Gasteiger partial charge in [0.25, 0.3) is 5.91 Å². The average molecular weight is 450 g/mol. The zero-order chi connectivity index (χ0) is 21.5. The summed E-state index contributed by atoms with van der Waals surface area (Å²) in [5.74, 6) is 1.74. The fraction of sp³-hybridized carbons (Fsp3) is 0.263. The number of ether oxygens (including phenoxy) is 2. The van der Waals surface area contributed by atoms with Crippen molar-refractivity contribution in [1.82, 2.24) is 5.43 Å². The molecule has 1 fully saturated rings. The van der Waals surface area contributed by atoms with Gasteiger partial charge in [0.1, 0.15) is 5.75 Å². The Morgan fingerprint density at radius 2 is 2.03 bits per heavy atom. The molecule has 0 radical (unpaired) electrons. The summed E-state index contributed by atoms with van der Waals surface area (Å²) in [6.07, 6.45) is 1.21. The molecule has 0 aromatic heterocycles. The minimum atomic E-state index is -0.739. The van der Waals surface area contributed by atoms with E-state index in [9.17, 15) is 20.0 Å². The van der Waals surface area contributed by atoms with E-state index >= 15 is 0 Å². The molecule has 30 heavy (non-hydrogen) atoms. The number of hydrogen-bond donors (Lipinski definition) is 2. The van der Waals surface area contributed by atoms with E-state index in [2.05, 4.69) is 10.5 Å². The van der Waals surface area contributed by atoms with Gasteiger partial charge in [-0.3, -0.25) is 14.9 Å². The first-order valence-corrected chi connectivity index (χ1v) is 10.9. The number of phenolic OH excluding ortho intramolecular Hbond substituents is 1. The van der Waals surface area contributed by atoms with Crippen molar-refractivity contribution in [2.45, 2.75) is 4.58 Å². The summed E-state index contributed by atoms with van der Waals surface area (Å²) >= 11 is 3.83. The number of phenols is 1. The first-order chi connectivity index (χ1) is 14.5. The lowest BCUT2D eigenvalue weighted by Crippen LogP contribution is -2.24. The Balaban J connectivity index is 1.52. The molecule has 9 nitrogen and oxygen atoms in total. The molecule has 2 N–H and O–H groups in total. The van der Waals surface area contributed by atoms with E-state index in [1.165, 1.54) is 25.0 Å². The molecule has 1 aliphatic rings. The van der Waals surface area contributed by atoms with Gasteiger partial charge in [-0.25, -0.2) is 5.43 Å². The van der Waals surface area contributed by atoms with Gasteiger partial charge in [-0.15, -0.1) is 23.5 Å². The molecule has 1 saturated heterocycles. The Hall–Kier alpha value is -2.92. The molecule has 3 rings (SSSR count). The summed E-state index contributed by atoms with van der Waals surface area (Å²) in [4.78, 5) is 22.2. The molecule has 1 heterocycles. The van der Waals surface area contributed by atoms with Crippen molar-refractivity contribution < 1.29 is 24.3 Å². The lowest BCUT2D eigenvalue weighted by atomic mass is 10.2. The fourth-order valence-electron chi connectivity index (χ4n) is 2.62. The third-order valence-electron chi connectivity index (χ3n) is 4.04. The molecule has 0 atom stereocenters. The molecule has 11 heteroatoms. The van der Waals surface area contributed by atoms with Gasteiger partial charge in [-0.05, 0) is 23.8 Å². The van der Waals surface area contributed by atoms with Crippen molar-refractivity contribution in [2.24, 2.45) is 5.10 Å². The Kier molecular flexibility index (Phi) is 7.41. The second-order valence-electron chi connectivity index (χ2n) is 6.07. The van der Waals surface area contributed by atoms with Gasteiger partial charge in [0.2, 0.25) is 5.75 Å². The van der Waals surface area contributed by atoms with E-state index in [0.717, 1.165) is 17.6 Å². The van der Waals surface area contributed by atoms with Crippen LogP contribution in [0.2, 0.25) is 0 Å². The van der Waals surface area contributed by atoms with Crippen LogP contribution in [0.1, 0.15) is 15.7 Å². The van der Waals surface area contributed by atoms with Gasteiger partial charge in [-0.1, -0.05) is 12.1 Å². The van der Waals surface area contributed by atoms with Gasteiger partial charge in [0.15, 0.2) is 12.4 Å². The predicted octanol–water partition coefficient (Wildman–Crippen LogP) is 3.32. The van der Waals surface area contributed by atoms with Gasteiger partial charge in [0, 0.05) is 23.1 Å². The van der Waals surface area contributed by atoms with Crippen LogP contribution in [-0.4, -0.2) is 47.4 Å². The van der Waals surface area contributed by atoms with Crippen LogP contribution in [0.25, 0.3) is 0 Å². The summed E-state index contributed by atoms with van der Waals surface area (Å²) in [5, 5.41) is 24.5. The van der Waals surface area contributed by atoms with Crippen LogP contribution >= 0.6 is 23.5 Å². The predicted molar refractivity (Wildman–Crippen MR) is 117 cm³/mol. The maximum absolute atomic E-state index is 11.9. The van der Waals surface area contributed by atoms with Gasteiger partial charge in [0.05, 0.1) is 22.8 Å². The number of aromatic hydroxyl groups is 1. The van der Waals surface area contributed by atoms with Crippen LogP contribution in [0.5, 0.6) is 17.2 Å². The maximum atomic E-state index is 11.9. The van der Waals surface area contributed by atoms with E-state index in [1.54, 1.807) is 0 Å². The van der Waals surface area contributed by atoms with E-state index in [-0.39, 0.29) is 17.9 Å². The zero-order valence-electron chi connectivity index (χ0n) is 15.9. The highest BCUT2D eigenvalue weighted by Gasteiger charge is 2.19.